The summed E-state index contributed by atoms with van der Waals surface area (Å²) in [7, 11) is -3.91. The van der Waals surface area contributed by atoms with E-state index in [0.29, 0.717) is 0 Å². The quantitative estimate of drug-likeness (QED) is 0.932. The van der Waals surface area contributed by atoms with Gasteiger partial charge in [-0.3, -0.25) is 0 Å². The van der Waals surface area contributed by atoms with Crippen LogP contribution < -0.4 is 4.72 Å². The van der Waals surface area contributed by atoms with E-state index in [1.165, 1.54) is 13.0 Å². The smallest absolute Gasteiger partial charge is 0.208 e. The predicted octanol–water partition coefficient (Wildman–Crippen LogP) is 3.23. The van der Waals surface area contributed by atoms with Crippen LogP contribution in [0.25, 0.3) is 0 Å². The van der Waals surface area contributed by atoms with Gasteiger partial charge in [-0.2, -0.15) is 13.2 Å². The molecule has 1 aromatic carbocycles. The minimum absolute atomic E-state index is 0.172. The Labute approximate surface area is 116 Å². The van der Waals surface area contributed by atoms with E-state index < -0.39 is 21.8 Å². The topological polar surface area (TPSA) is 46.2 Å². The fourth-order valence-electron chi connectivity index (χ4n) is 2.54. The second kappa shape index (κ2) is 5.37. The summed E-state index contributed by atoms with van der Waals surface area (Å²) in [6.07, 6.45) is -1.21. The highest BCUT2D eigenvalue weighted by molar-refractivity contribution is 7.89. The first-order chi connectivity index (χ1) is 9.22. The van der Waals surface area contributed by atoms with Crippen LogP contribution in [0.2, 0.25) is 0 Å². The van der Waals surface area contributed by atoms with Crippen LogP contribution in [-0.2, 0) is 16.2 Å². The van der Waals surface area contributed by atoms with Gasteiger partial charge in [0.05, 0.1) is 10.5 Å². The molecule has 1 aliphatic rings. The Hall–Kier alpha value is -1.08. The van der Waals surface area contributed by atoms with E-state index in [4.69, 9.17) is 0 Å². The van der Waals surface area contributed by atoms with Gasteiger partial charge in [0.25, 0.3) is 0 Å². The molecule has 0 bridgehead atoms. The molecule has 7 heteroatoms. The maximum absolute atomic E-state index is 12.8. The fraction of sp³-hybridized carbons (Fsp3) is 0.538. The van der Waals surface area contributed by atoms with Crippen molar-refractivity contribution in [3.8, 4) is 0 Å². The van der Waals surface area contributed by atoms with Gasteiger partial charge in [0.15, 0.2) is 0 Å². The molecule has 3 nitrogen and oxygen atoms in total. The summed E-state index contributed by atoms with van der Waals surface area (Å²) in [5, 5.41) is 0. The number of alkyl halides is 3. The summed E-state index contributed by atoms with van der Waals surface area (Å²) in [4.78, 5) is -0.292. The van der Waals surface area contributed by atoms with Crippen LogP contribution >= 0.6 is 0 Å². The van der Waals surface area contributed by atoms with E-state index in [1.54, 1.807) is 0 Å². The fourth-order valence-corrected chi connectivity index (χ4v) is 4.11. The summed E-state index contributed by atoms with van der Waals surface area (Å²) in [6.45, 7) is 1.19. The van der Waals surface area contributed by atoms with Gasteiger partial charge in [-0.25, -0.2) is 13.1 Å². The highest BCUT2D eigenvalue weighted by Crippen LogP contribution is 2.34. The minimum atomic E-state index is -4.55. The summed E-state index contributed by atoms with van der Waals surface area (Å²) in [5.41, 5.74) is -1.17. The number of rotatable bonds is 3. The zero-order chi connectivity index (χ0) is 15.0. The van der Waals surface area contributed by atoms with Crippen molar-refractivity contribution < 1.29 is 21.6 Å². The molecule has 1 fully saturated rings. The van der Waals surface area contributed by atoms with Crippen LogP contribution in [0.4, 0.5) is 13.2 Å². The molecule has 112 valence electrons. The molecule has 0 atom stereocenters. The lowest BCUT2D eigenvalue weighted by molar-refractivity contribution is -0.138. The maximum Gasteiger partial charge on any atom is 0.416 e. The second-order valence-corrected chi connectivity index (χ2v) is 6.71. The Kier molecular flexibility index (Phi) is 4.11. The van der Waals surface area contributed by atoms with Crippen LogP contribution in [0.1, 0.15) is 36.8 Å². The van der Waals surface area contributed by atoms with Crippen LogP contribution in [0.5, 0.6) is 0 Å². The molecule has 0 saturated heterocycles. The molecular formula is C13H16F3NO2S. The van der Waals surface area contributed by atoms with Gasteiger partial charge in [0.1, 0.15) is 0 Å². The van der Waals surface area contributed by atoms with E-state index in [0.717, 1.165) is 37.8 Å². The van der Waals surface area contributed by atoms with Gasteiger partial charge in [0, 0.05) is 6.04 Å². The van der Waals surface area contributed by atoms with Crippen LogP contribution in [-0.4, -0.2) is 14.5 Å². The summed E-state index contributed by atoms with van der Waals surface area (Å²) in [6, 6.07) is 3.05. The van der Waals surface area contributed by atoms with E-state index in [2.05, 4.69) is 4.72 Å². The van der Waals surface area contributed by atoms with Gasteiger partial charge in [-0.1, -0.05) is 18.9 Å². The third kappa shape index (κ3) is 3.15. The number of benzene rings is 1. The molecule has 1 aliphatic carbocycles. The van der Waals surface area contributed by atoms with Gasteiger partial charge in [-0.15, -0.1) is 0 Å². The molecule has 0 radical (unpaired) electrons. The highest BCUT2D eigenvalue weighted by Gasteiger charge is 2.35. The zero-order valence-corrected chi connectivity index (χ0v) is 11.8. The Morgan fingerprint density at radius 1 is 1.20 bits per heavy atom. The monoisotopic (exact) mass is 307 g/mol. The lowest BCUT2D eigenvalue weighted by Gasteiger charge is -2.17. The number of sulfonamides is 1. The molecule has 0 spiro atoms. The Bertz CT molecular complexity index is 590. The molecule has 2 rings (SSSR count). The van der Waals surface area contributed by atoms with Gasteiger partial charge in [-0.05, 0) is 37.5 Å². The van der Waals surface area contributed by atoms with Crippen molar-refractivity contribution in [3.05, 3.63) is 29.3 Å². The van der Waals surface area contributed by atoms with Crippen LogP contribution in [0.3, 0.4) is 0 Å². The van der Waals surface area contributed by atoms with E-state index in [1.807, 2.05) is 0 Å². The third-order valence-electron chi connectivity index (χ3n) is 3.56. The normalized spacial score (nSPS) is 17.6. The maximum atomic E-state index is 12.8. The molecule has 1 N–H and O–H groups in total. The summed E-state index contributed by atoms with van der Waals surface area (Å²) < 4.78 is 65.3. The molecule has 0 amide bonds. The van der Waals surface area contributed by atoms with Crippen molar-refractivity contribution in [2.75, 3.05) is 0 Å². The first-order valence-corrected chi connectivity index (χ1v) is 7.89. The van der Waals surface area contributed by atoms with Gasteiger partial charge < -0.3 is 0 Å². The molecule has 0 aliphatic heterocycles. The largest absolute Gasteiger partial charge is 0.416 e. The SMILES string of the molecule is Cc1c(C(F)(F)F)cccc1S(=O)(=O)NC1CCCC1. The van der Waals surface area contributed by atoms with Crippen molar-refractivity contribution in [1.29, 1.82) is 0 Å². The average molecular weight is 307 g/mol. The zero-order valence-electron chi connectivity index (χ0n) is 11.0. The summed E-state index contributed by atoms with van der Waals surface area (Å²) in [5.74, 6) is 0. The first-order valence-electron chi connectivity index (χ1n) is 6.41. The van der Waals surface area contributed by atoms with Crippen molar-refractivity contribution in [2.45, 2.75) is 49.7 Å². The van der Waals surface area contributed by atoms with Crippen LogP contribution in [0.15, 0.2) is 23.1 Å². The minimum Gasteiger partial charge on any atom is -0.208 e. The molecule has 0 heterocycles. The second-order valence-electron chi connectivity index (χ2n) is 5.03. The molecule has 1 saturated carbocycles. The average Bonchev–Trinajstić information content (AvgIpc) is 2.79. The van der Waals surface area contributed by atoms with Crippen molar-refractivity contribution >= 4 is 10.0 Å². The first kappa shape index (κ1) is 15.3. The van der Waals surface area contributed by atoms with E-state index >= 15 is 0 Å². The highest BCUT2D eigenvalue weighted by atomic mass is 32.2. The number of nitrogens with one attached hydrogen (secondary N) is 1. The predicted molar refractivity (Wildman–Crippen MR) is 68.8 cm³/mol. The number of hydrogen-bond donors (Lipinski definition) is 1. The molecular weight excluding hydrogens is 291 g/mol. The lowest BCUT2D eigenvalue weighted by Crippen LogP contribution is -2.33. The van der Waals surface area contributed by atoms with Crippen LogP contribution in [0, 0.1) is 6.92 Å². The van der Waals surface area contributed by atoms with Crippen molar-refractivity contribution in [3.63, 3.8) is 0 Å². The van der Waals surface area contributed by atoms with Gasteiger partial charge >= 0.3 is 6.18 Å². The molecule has 0 unspecified atom stereocenters. The van der Waals surface area contributed by atoms with E-state index in [9.17, 15) is 21.6 Å². The Morgan fingerprint density at radius 3 is 2.35 bits per heavy atom. The molecule has 0 aromatic heterocycles. The van der Waals surface area contributed by atoms with E-state index in [-0.39, 0.29) is 16.5 Å². The molecule has 1 aromatic rings. The lowest BCUT2D eigenvalue weighted by atomic mass is 10.1. The van der Waals surface area contributed by atoms with Crippen molar-refractivity contribution in [1.82, 2.24) is 4.72 Å². The standard InChI is InChI=1S/C13H16F3NO2S/c1-9-11(13(14,15)16)7-4-8-12(9)20(18,19)17-10-5-2-3-6-10/h4,7-8,10,17H,2-3,5-6H2,1H3. The van der Waals surface area contributed by atoms with Gasteiger partial charge in [0.2, 0.25) is 10.0 Å². The van der Waals surface area contributed by atoms with Crippen molar-refractivity contribution in [2.24, 2.45) is 0 Å². The summed E-state index contributed by atoms with van der Waals surface area (Å²) >= 11 is 0. The number of halogens is 3. The Balaban J connectivity index is 2.36. The molecule has 20 heavy (non-hydrogen) atoms. The Morgan fingerprint density at radius 2 is 1.80 bits per heavy atom. The number of hydrogen-bond acceptors (Lipinski definition) is 2. The third-order valence-corrected chi connectivity index (χ3v) is 5.22.